The van der Waals surface area contributed by atoms with Gasteiger partial charge in [-0.15, -0.1) is 11.8 Å². The van der Waals surface area contributed by atoms with Crippen LogP contribution in [0, 0.1) is 5.92 Å². The van der Waals surface area contributed by atoms with Crippen molar-refractivity contribution in [2.75, 3.05) is 31.9 Å². The van der Waals surface area contributed by atoms with Gasteiger partial charge in [-0.1, -0.05) is 18.2 Å². The third-order valence-corrected chi connectivity index (χ3v) is 5.71. The maximum atomic E-state index is 11.9. The van der Waals surface area contributed by atoms with Gasteiger partial charge in [0.05, 0.1) is 0 Å². The number of thioether (sulfide) groups is 1. The highest BCUT2D eigenvalue weighted by molar-refractivity contribution is 7.99. The molecule has 1 heterocycles. The SMILES string of the molecule is CCNC(=NCC(=O)NC1CC1)N1CCC(CSc2ccccc2)C1. The maximum absolute atomic E-state index is 11.9. The Balaban J connectivity index is 1.47. The van der Waals surface area contributed by atoms with Crippen molar-refractivity contribution in [2.24, 2.45) is 10.9 Å². The van der Waals surface area contributed by atoms with E-state index in [0.717, 1.165) is 44.2 Å². The quantitative estimate of drug-likeness (QED) is 0.445. The molecule has 1 amide bonds. The second kappa shape index (κ2) is 9.13. The molecule has 5 nitrogen and oxygen atoms in total. The largest absolute Gasteiger partial charge is 0.357 e. The number of nitrogens with zero attached hydrogens (tertiary/aromatic N) is 2. The van der Waals surface area contributed by atoms with Crippen LogP contribution in [-0.2, 0) is 4.79 Å². The Kier molecular flexibility index (Phi) is 6.62. The van der Waals surface area contributed by atoms with Crippen LogP contribution in [0.2, 0.25) is 0 Å². The van der Waals surface area contributed by atoms with Crippen LogP contribution in [-0.4, -0.2) is 54.7 Å². The molecule has 0 bridgehead atoms. The maximum Gasteiger partial charge on any atom is 0.242 e. The van der Waals surface area contributed by atoms with E-state index in [0.29, 0.717) is 12.0 Å². The molecule has 1 aromatic rings. The van der Waals surface area contributed by atoms with Crippen LogP contribution in [0.15, 0.2) is 40.2 Å². The zero-order valence-electron chi connectivity index (χ0n) is 14.9. The number of benzene rings is 1. The molecule has 1 saturated heterocycles. The van der Waals surface area contributed by atoms with Gasteiger partial charge in [-0.3, -0.25) is 4.79 Å². The predicted molar refractivity (Wildman–Crippen MR) is 104 cm³/mol. The molecule has 0 aromatic heterocycles. The number of aliphatic imine (C=N–C) groups is 1. The fourth-order valence-electron chi connectivity index (χ4n) is 2.97. The third kappa shape index (κ3) is 5.96. The van der Waals surface area contributed by atoms with E-state index in [1.165, 1.54) is 11.3 Å². The van der Waals surface area contributed by atoms with Gasteiger partial charge in [0.15, 0.2) is 5.96 Å². The summed E-state index contributed by atoms with van der Waals surface area (Å²) in [4.78, 5) is 20.0. The molecule has 1 atom stereocenters. The lowest BCUT2D eigenvalue weighted by atomic mass is 10.2. The zero-order valence-corrected chi connectivity index (χ0v) is 15.7. The van der Waals surface area contributed by atoms with Crippen molar-refractivity contribution in [2.45, 2.75) is 37.1 Å². The van der Waals surface area contributed by atoms with Gasteiger partial charge in [-0.2, -0.15) is 0 Å². The van der Waals surface area contributed by atoms with Crippen LogP contribution in [0.5, 0.6) is 0 Å². The standard InChI is InChI=1S/C19H28N4OS/c1-2-20-19(21-12-18(24)22-16-8-9-16)23-11-10-15(13-23)14-25-17-6-4-3-5-7-17/h3-7,15-16H,2,8-14H2,1H3,(H,20,21)(H,22,24). The van der Waals surface area contributed by atoms with Crippen molar-refractivity contribution in [3.05, 3.63) is 30.3 Å². The van der Waals surface area contributed by atoms with E-state index in [9.17, 15) is 4.79 Å². The number of amides is 1. The smallest absolute Gasteiger partial charge is 0.242 e. The number of hydrogen-bond donors (Lipinski definition) is 2. The summed E-state index contributed by atoms with van der Waals surface area (Å²) in [5.41, 5.74) is 0. The van der Waals surface area contributed by atoms with Crippen LogP contribution in [0.1, 0.15) is 26.2 Å². The number of rotatable bonds is 7. The van der Waals surface area contributed by atoms with Gasteiger partial charge < -0.3 is 15.5 Å². The molecular weight excluding hydrogens is 332 g/mol. The highest BCUT2D eigenvalue weighted by atomic mass is 32.2. The Labute approximate surface area is 154 Å². The Morgan fingerprint density at radius 3 is 2.80 bits per heavy atom. The van der Waals surface area contributed by atoms with Crippen LogP contribution < -0.4 is 10.6 Å². The monoisotopic (exact) mass is 360 g/mol. The van der Waals surface area contributed by atoms with Gasteiger partial charge in [0.2, 0.25) is 5.91 Å². The molecule has 25 heavy (non-hydrogen) atoms. The van der Waals surface area contributed by atoms with Crippen LogP contribution >= 0.6 is 11.8 Å². The summed E-state index contributed by atoms with van der Waals surface area (Å²) in [6.45, 7) is 5.13. The van der Waals surface area contributed by atoms with Crippen LogP contribution in [0.4, 0.5) is 0 Å². The van der Waals surface area contributed by atoms with Gasteiger partial charge in [0.25, 0.3) is 0 Å². The molecule has 136 valence electrons. The highest BCUT2D eigenvalue weighted by Gasteiger charge is 2.26. The number of hydrogen-bond acceptors (Lipinski definition) is 3. The van der Waals surface area contributed by atoms with E-state index >= 15 is 0 Å². The summed E-state index contributed by atoms with van der Waals surface area (Å²) in [5, 5.41) is 6.33. The number of nitrogens with one attached hydrogen (secondary N) is 2. The molecule has 2 fully saturated rings. The summed E-state index contributed by atoms with van der Waals surface area (Å²) < 4.78 is 0. The number of carbonyl (C=O) groups excluding carboxylic acids is 1. The molecule has 1 aliphatic heterocycles. The lowest BCUT2D eigenvalue weighted by molar-refractivity contribution is -0.119. The van der Waals surface area contributed by atoms with E-state index in [1.807, 2.05) is 11.8 Å². The van der Waals surface area contributed by atoms with Gasteiger partial charge in [-0.05, 0) is 44.2 Å². The van der Waals surface area contributed by atoms with E-state index in [2.05, 4.69) is 57.8 Å². The Morgan fingerprint density at radius 1 is 1.28 bits per heavy atom. The normalized spacial score (nSPS) is 20.6. The number of carbonyl (C=O) groups is 1. The second-order valence-electron chi connectivity index (χ2n) is 6.74. The van der Waals surface area contributed by atoms with Crippen molar-refractivity contribution >= 4 is 23.6 Å². The minimum absolute atomic E-state index is 0.0354. The first-order chi connectivity index (χ1) is 12.2. The average molecular weight is 361 g/mol. The van der Waals surface area contributed by atoms with Gasteiger partial charge in [0, 0.05) is 36.3 Å². The fraction of sp³-hybridized carbons (Fsp3) is 0.579. The molecule has 1 aromatic carbocycles. The van der Waals surface area contributed by atoms with Gasteiger partial charge >= 0.3 is 0 Å². The van der Waals surface area contributed by atoms with Crippen LogP contribution in [0.25, 0.3) is 0 Å². The summed E-state index contributed by atoms with van der Waals surface area (Å²) in [6.07, 6.45) is 3.41. The van der Waals surface area contributed by atoms with Crippen molar-refractivity contribution in [1.29, 1.82) is 0 Å². The zero-order chi connectivity index (χ0) is 17.5. The lowest BCUT2D eigenvalue weighted by Crippen LogP contribution is -2.41. The molecule has 6 heteroatoms. The second-order valence-corrected chi connectivity index (χ2v) is 7.83. The molecule has 0 spiro atoms. The van der Waals surface area contributed by atoms with Crippen molar-refractivity contribution in [3.63, 3.8) is 0 Å². The molecule has 2 N–H and O–H groups in total. The summed E-state index contributed by atoms with van der Waals surface area (Å²) in [6, 6.07) is 11.0. The third-order valence-electron chi connectivity index (χ3n) is 4.46. The Bertz CT molecular complexity index is 588. The predicted octanol–water partition coefficient (Wildman–Crippen LogP) is 2.34. The lowest BCUT2D eigenvalue weighted by Gasteiger charge is -2.21. The summed E-state index contributed by atoms with van der Waals surface area (Å²) in [5.74, 6) is 2.70. The van der Waals surface area contributed by atoms with Crippen LogP contribution in [0.3, 0.4) is 0 Å². The average Bonchev–Trinajstić information content (AvgIpc) is 3.31. The minimum Gasteiger partial charge on any atom is -0.357 e. The molecule has 0 radical (unpaired) electrons. The molecule has 1 saturated carbocycles. The first kappa shape index (κ1) is 18.1. The number of guanidine groups is 1. The molecule has 3 rings (SSSR count). The van der Waals surface area contributed by atoms with E-state index < -0.39 is 0 Å². The molecule has 1 aliphatic carbocycles. The topological polar surface area (TPSA) is 56.7 Å². The number of likely N-dealkylation sites (tertiary alicyclic amines) is 1. The molecule has 2 aliphatic rings. The Hall–Kier alpha value is -1.69. The minimum atomic E-state index is 0.0354. The fourth-order valence-corrected chi connectivity index (χ4v) is 4.02. The van der Waals surface area contributed by atoms with E-state index in [1.54, 1.807) is 0 Å². The van der Waals surface area contributed by atoms with Crippen molar-refractivity contribution in [3.8, 4) is 0 Å². The van der Waals surface area contributed by atoms with Gasteiger partial charge in [-0.25, -0.2) is 4.99 Å². The summed E-state index contributed by atoms with van der Waals surface area (Å²) >= 11 is 1.93. The first-order valence-electron chi connectivity index (χ1n) is 9.25. The molecule has 1 unspecified atom stereocenters. The van der Waals surface area contributed by atoms with Crippen molar-refractivity contribution in [1.82, 2.24) is 15.5 Å². The first-order valence-corrected chi connectivity index (χ1v) is 10.2. The Morgan fingerprint density at radius 2 is 2.08 bits per heavy atom. The van der Waals surface area contributed by atoms with E-state index in [4.69, 9.17) is 0 Å². The van der Waals surface area contributed by atoms with E-state index in [-0.39, 0.29) is 12.5 Å². The van der Waals surface area contributed by atoms with Gasteiger partial charge in [0.1, 0.15) is 6.54 Å². The summed E-state index contributed by atoms with van der Waals surface area (Å²) in [7, 11) is 0. The molecular formula is C19H28N4OS. The highest BCUT2D eigenvalue weighted by Crippen LogP contribution is 2.25. The van der Waals surface area contributed by atoms with Crippen molar-refractivity contribution < 1.29 is 4.79 Å².